The molecule has 118 valence electrons. The number of likely N-dealkylation sites (tertiary alicyclic amines) is 1. The zero-order chi connectivity index (χ0) is 15.7. The van der Waals surface area contributed by atoms with Crippen molar-refractivity contribution >= 4 is 23.2 Å². The molecule has 3 rings (SSSR count). The molecule has 1 aliphatic rings. The minimum Gasteiger partial charge on any atom is -0.392 e. The second-order valence-electron chi connectivity index (χ2n) is 5.78. The zero-order valence-electron chi connectivity index (χ0n) is 12.5. The van der Waals surface area contributed by atoms with Crippen LogP contribution in [0.1, 0.15) is 23.2 Å². The Morgan fingerprint density at radius 1 is 1.27 bits per heavy atom. The van der Waals surface area contributed by atoms with E-state index in [1.54, 1.807) is 4.68 Å². The fourth-order valence-corrected chi connectivity index (χ4v) is 3.33. The third kappa shape index (κ3) is 3.30. The van der Waals surface area contributed by atoms with Crippen LogP contribution in [0.4, 0.5) is 0 Å². The van der Waals surface area contributed by atoms with Crippen molar-refractivity contribution in [1.82, 2.24) is 14.7 Å². The van der Waals surface area contributed by atoms with Gasteiger partial charge >= 0.3 is 0 Å². The monoisotopic (exact) mass is 339 g/mol. The van der Waals surface area contributed by atoms with Crippen LogP contribution in [-0.4, -0.2) is 39.0 Å². The number of halogens is 2. The van der Waals surface area contributed by atoms with Gasteiger partial charge in [0.25, 0.3) is 0 Å². The van der Waals surface area contributed by atoms with Crippen LogP contribution in [0.15, 0.2) is 24.3 Å². The maximum Gasteiger partial charge on any atom is 0.132 e. The summed E-state index contributed by atoms with van der Waals surface area (Å²) in [4.78, 5) is 2.21. The largest absolute Gasteiger partial charge is 0.392 e. The molecular formula is C16H19Cl2N3O. The first kappa shape index (κ1) is 15.8. The summed E-state index contributed by atoms with van der Waals surface area (Å²) in [5, 5.41) is 15.6. The molecule has 0 unspecified atom stereocenters. The molecule has 2 heterocycles. The van der Waals surface area contributed by atoms with Crippen molar-refractivity contribution in [2.75, 3.05) is 13.1 Å². The predicted molar refractivity (Wildman–Crippen MR) is 88.4 cm³/mol. The SMILES string of the molecule is Cc1nn(Cc2ccccc2Cl)c(Cl)c1CN1CC[C@H](O)C1. The van der Waals surface area contributed by atoms with E-state index >= 15 is 0 Å². The molecule has 6 heteroatoms. The summed E-state index contributed by atoms with van der Waals surface area (Å²) in [6.45, 7) is 4.85. The Morgan fingerprint density at radius 3 is 2.73 bits per heavy atom. The van der Waals surface area contributed by atoms with E-state index in [0.717, 1.165) is 41.4 Å². The van der Waals surface area contributed by atoms with Crippen molar-refractivity contribution in [3.63, 3.8) is 0 Å². The fraction of sp³-hybridized carbons (Fsp3) is 0.438. The van der Waals surface area contributed by atoms with Gasteiger partial charge in [0, 0.05) is 30.2 Å². The van der Waals surface area contributed by atoms with Gasteiger partial charge in [0.15, 0.2) is 0 Å². The highest BCUT2D eigenvalue weighted by atomic mass is 35.5. The van der Waals surface area contributed by atoms with Gasteiger partial charge in [-0.25, -0.2) is 4.68 Å². The van der Waals surface area contributed by atoms with Crippen molar-refractivity contribution in [1.29, 1.82) is 0 Å². The van der Waals surface area contributed by atoms with Crippen LogP contribution in [0.3, 0.4) is 0 Å². The Morgan fingerprint density at radius 2 is 2.05 bits per heavy atom. The van der Waals surface area contributed by atoms with E-state index in [9.17, 15) is 5.11 Å². The van der Waals surface area contributed by atoms with Gasteiger partial charge in [0.05, 0.1) is 18.3 Å². The average Bonchev–Trinajstić information content (AvgIpc) is 3.00. The van der Waals surface area contributed by atoms with Gasteiger partial charge in [-0.15, -0.1) is 0 Å². The molecule has 1 aromatic heterocycles. The number of benzene rings is 1. The lowest BCUT2D eigenvalue weighted by molar-refractivity contribution is 0.174. The first-order chi connectivity index (χ1) is 10.5. The van der Waals surface area contributed by atoms with Gasteiger partial charge in [-0.1, -0.05) is 41.4 Å². The molecule has 0 saturated carbocycles. The molecule has 22 heavy (non-hydrogen) atoms. The molecule has 1 N–H and O–H groups in total. The molecule has 1 atom stereocenters. The number of hydrogen-bond acceptors (Lipinski definition) is 3. The van der Waals surface area contributed by atoms with Crippen LogP contribution in [-0.2, 0) is 13.1 Å². The normalized spacial score (nSPS) is 19.0. The van der Waals surface area contributed by atoms with E-state index in [1.807, 2.05) is 31.2 Å². The van der Waals surface area contributed by atoms with E-state index in [-0.39, 0.29) is 6.10 Å². The minimum absolute atomic E-state index is 0.225. The van der Waals surface area contributed by atoms with Crippen LogP contribution in [0.5, 0.6) is 0 Å². The predicted octanol–water partition coefficient (Wildman–Crippen LogP) is 3.11. The topological polar surface area (TPSA) is 41.3 Å². The molecule has 0 radical (unpaired) electrons. The summed E-state index contributed by atoms with van der Waals surface area (Å²) in [6.07, 6.45) is 0.599. The molecule has 1 aliphatic heterocycles. The summed E-state index contributed by atoms with van der Waals surface area (Å²) in [6, 6.07) is 7.71. The standard InChI is InChI=1S/C16H19Cl2N3O/c1-11-14(10-20-7-6-13(22)9-20)16(18)21(19-11)8-12-4-2-3-5-15(12)17/h2-5,13,22H,6-10H2,1H3/t13-/m0/s1. The van der Waals surface area contributed by atoms with E-state index in [1.165, 1.54) is 0 Å². The van der Waals surface area contributed by atoms with Crippen molar-refractivity contribution in [3.05, 3.63) is 51.3 Å². The number of aromatic nitrogens is 2. The number of β-amino-alcohol motifs (C(OH)–C–C–N with tert-alkyl or cyclic N) is 1. The van der Waals surface area contributed by atoms with E-state index in [0.29, 0.717) is 18.2 Å². The Balaban J connectivity index is 1.79. The lowest BCUT2D eigenvalue weighted by atomic mass is 10.2. The van der Waals surface area contributed by atoms with Gasteiger partial charge in [0.1, 0.15) is 5.15 Å². The van der Waals surface area contributed by atoms with Crippen molar-refractivity contribution in [3.8, 4) is 0 Å². The third-order valence-corrected chi connectivity index (χ3v) is 4.88. The summed E-state index contributed by atoms with van der Waals surface area (Å²) >= 11 is 12.7. The van der Waals surface area contributed by atoms with Gasteiger partial charge < -0.3 is 5.11 Å². The number of aliphatic hydroxyl groups excluding tert-OH is 1. The molecule has 2 aromatic rings. The number of aliphatic hydroxyl groups is 1. The van der Waals surface area contributed by atoms with Crippen molar-refractivity contribution in [2.24, 2.45) is 0 Å². The number of aryl methyl sites for hydroxylation is 1. The second kappa shape index (κ2) is 6.59. The Hall–Kier alpha value is -1.07. The minimum atomic E-state index is -0.225. The van der Waals surface area contributed by atoms with Gasteiger partial charge in [-0.2, -0.15) is 5.10 Å². The highest BCUT2D eigenvalue weighted by Crippen LogP contribution is 2.25. The average molecular weight is 340 g/mol. The Labute approximate surface area is 140 Å². The number of nitrogens with zero attached hydrogens (tertiary/aromatic N) is 3. The van der Waals surface area contributed by atoms with E-state index < -0.39 is 0 Å². The molecule has 1 aromatic carbocycles. The molecule has 4 nitrogen and oxygen atoms in total. The highest BCUT2D eigenvalue weighted by molar-refractivity contribution is 6.31. The molecule has 1 fully saturated rings. The molecule has 1 saturated heterocycles. The molecule has 0 aliphatic carbocycles. The lowest BCUT2D eigenvalue weighted by Gasteiger charge is -2.14. The maximum absolute atomic E-state index is 9.64. The van der Waals surface area contributed by atoms with Crippen molar-refractivity contribution < 1.29 is 5.11 Å². The van der Waals surface area contributed by atoms with Gasteiger partial charge in [0.2, 0.25) is 0 Å². The highest BCUT2D eigenvalue weighted by Gasteiger charge is 2.23. The van der Waals surface area contributed by atoms with Crippen molar-refractivity contribution in [2.45, 2.75) is 32.5 Å². The lowest BCUT2D eigenvalue weighted by Crippen LogP contribution is -2.21. The summed E-state index contributed by atoms with van der Waals surface area (Å²) in [5.74, 6) is 0. The van der Waals surface area contributed by atoms with Crippen LogP contribution in [0.2, 0.25) is 10.2 Å². The van der Waals surface area contributed by atoms with Gasteiger partial charge in [-0.05, 0) is 25.0 Å². The molecular weight excluding hydrogens is 321 g/mol. The van der Waals surface area contributed by atoms with Crippen LogP contribution >= 0.6 is 23.2 Å². The molecule has 0 amide bonds. The smallest absolute Gasteiger partial charge is 0.132 e. The first-order valence-corrected chi connectivity index (χ1v) is 8.16. The first-order valence-electron chi connectivity index (χ1n) is 7.40. The maximum atomic E-state index is 9.64. The van der Waals surface area contributed by atoms with Crippen LogP contribution < -0.4 is 0 Å². The van der Waals surface area contributed by atoms with Crippen LogP contribution in [0.25, 0.3) is 0 Å². The third-order valence-electron chi connectivity index (χ3n) is 4.09. The summed E-state index contributed by atoms with van der Waals surface area (Å²) in [7, 11) is 0. The fourth-order valence-electron chi connectivity index (χ4n) is 2.84. The zero-order valence-corrected chi connectivity index (χ0v) is 14.0. The summed E-state index contributed by atoms with van der Waals surface area (Å²) in [5.41, 5.74) is 2.96. The Bertz CT molecular complexity index is 671. The number of rotatable bonds is 4. The quantitative estimate of drug-likeness (QED) is 0.930. The molecule has 0 bridgehead atoms. The summed E-state index contributed by atoms with van der Waals surface area (Å²) < 4.78 is 1.79. The van der Waals surface area contributed by atoms with E-state index in [4.69, 9.17) is 23.2 Å². The second-order valence-corrected chi connectivity index (χ2v) is 6.55. The van der Waals surface area contributed by atoms with Crippen LogP contribution in [0, 0.1) is 6.92 Å². The molecule has 0 spiro atoms. The number of hydrogen-bond donors (Lipinski definition) is 1. The Kier molecular flexibility index (Phi) is 4.73. The van der Waals surface area contributed by atoms with E-state index in [2.05, 4.69) is 10.00 Å². The van der Waals surface area contributed by atoms with Gasteiger partial charge in [-0.3, -0.25) is 4.90 Å².